The first-order valence-corrected chi connectivity index (χ1v) is 7.29. The van der Waals surface area contributed by atoms with Crippen molar-refractivity contribution < 1.29 is 0 Å². The molecule has 0 spiro atoms. The van der Waals surface area contributed by atoms with Gasteiger partial charge in [-0.25, -0.2) is 4.98 Å². The second-order valence-corrected chi connectivity index (χ2v) is 5.69. The smallest absolute Gasteiger partial charge is 0.133 e. The van der Waals surface area contributed by atoms with E-state index in [4.69, 9.17) is 11.6 Å². The molecule has 2 saturated heterocycles. The van der Waals surface area contributed by atoms with Crippen LogP contribution in [0, 0.1) is 0 Å². The average molecular weight is 266 g/mol. The molecule has 1 aromatic rings. The molecule has 0 bridgehead atoms. The van der Waals surface area contributed by atoms with E-state index in [1.807, 2.05) is 6.07 Å². The SMILES string of the molecule is Clc1ncccc1CN1CCCC1C1CCCN1. The molecule has 4 heteroatoms. The van der Waals surface area contributed by atoms with Gasteiger partial charge < -0.3 is 5.32 Å². The van der Waals surface area contributed by atoms with E-state index < -0.39 is 0 Å². The Kier molecular flexibility index (Phi) is 3.83. The molecule has 0 aliphatic carbocycles. The van der Waals surface area contributed by atoms with Crippen LogP contribution in [0.25, 0.3) is 0 Å². The highest BCUT2D eigenvalue weighted by Crippen LogP contribution is 2.27. The van der Waals surface area contributed by atoms with Crippen LogP contribution in [0.3, 0.4) is 0 Å². The summed E-state index contributed by atoms with van der Waals surface area (Å²) in [6.07, 6.45) is 7.02. The normalized spacial score (nSPS) is 28.9. The van der Waals surface area contributed by atoms with E-state index >= 15 is 0 Å². The molecule has 2 aliphatic heterocycles. The fraction of sp³-hybridized carbons (Fsp3) is 0.643. The van der Waals surface area contributed by atoms with Gasteiger partial charge in [-0.1, -0.05) is 17.7 Å². The lowest BCUT2D eigenvalue weighted by molar-refractivity contribution is 0.206. The van der Waals surface area contributed by atoms with E-state index in [1.165, 1.54) is 38.8 Å². The van der Waals surface area contributed by atoms with E-state index in [2.05, 4.69) is 21.3 Å². The van der Waals surface area contributed by atoms with Crippen LogP contribution in [-0.4, -0.2) is 35.1 Å². The first kappa shape index (κ1) is 12.4. The molecule has 3 nitrogen and oxygen atoms in total. The summed E-state index contributed by atoms with van der Waals surface area (Å²) in [6.45, 7) is 3.31. The number of hydrogen-bond acceptors (Lipinski definition) is 3. The quantitative estimate of drug-likeness (QED) is 0.851. The van der Waals surface area contributed by atoms with Gasteiger partial charge in [-0.3, -0.25) is 4.90 Å². The maximum Gasteiger partial charge on any atom is 0.133 e. The number of halogens is 1. The zero-order valence-corrected chi connectivity index (χ0v) is 11.4. The van der Waals surface area contributed by atoms with E-state index in [9.17, 15) is 0 Å². The lowest BCUT2D eigenvalue weighted by Gasteiger charge is -2.29. The number of hydrogen-bond donors (Lipinski definition) is 1. The maximum atomic E-state index is 6.16. The molecule has 18 heavy (non-hydrogen) atoms. The van der Waals surface area contributed by atoms with Gasteiger partial charge >= 0.3 is 0 Å². The summed E-state index contributed by atoms with van der Waals surface area (Å²) in [5.74, 6) is 0. The highest BCUT2D eigenvalue weighted by Gasteiger charge is 2.33. The molecule has 3 rings (SSSR count). The minimum Gasteiger partial charge on any atom is -0.312 e. The van der Waals surface area contributed by atoms with Crippen molar-refractivity contribution >= 4 is 11.6 Å². The highest BCUT2D eigenvalue weighted by atomic mass is 35.5. The maximum absolute atomic E-state index is 6.16. The Bertz CT molecular complexity index is 404. The third-order valence-electron chi connectivity index (χ3n) is 4.19. The van der Waals surface area contributed by atoms with Gasteiger partial charge in [-0.05, 0) is 44.8 Å². The van der Waals surface area contributed by atoms with Crippen molar-refractivity contribution in [1.29, 1.82) is 0 Å². The Balaban J connectivity index is 1.69. The van der Waals surface area contributed by atoms with E-state index in [0.29, 0.717) is 17.2 Å². The predicted octanol–water partition coefficient (Wildman–Crippen LogP) is 2.45. The molecule has 98 valence electrons. The van der Waals surface area contributed by atoms with Gasteiger partial charge in [-0.2, -0.15) is 0 Å². The Morgan fingerprint density at radius 3 is 3.11 bits per heavy atom. The monoisotopic (exact) mass is 265 g/mol. The van der Waals surface area contributed by atoms with Gasteiger partial charge in [0.15, 0.2) is 0 Å². The summed E-state index contributed by atoms with van der Waals surface area (Å²) >= 11 is 6.16. The van der Waals surface area contributed by atoms with Crippen molar-refractivity contribution in [2.75, 3.05) is 13.1 Å². The first-order chi connectivity index (χ1) is 8.84. The summed E-state index contributed by atoms with van der Waals surface area (Å²) < 4.78 is 0. The predicted molar refractivity (Wildman–Crippen MR) is 73.7 cm³/mol. The standard InChI is InChI=1S/C14H20ClN3/c15-14-11(4-1-8-17-14)10-18-9-3-6-13(18)12-5-2-7-16-12/h1,4,8,12-13,16H,2-3,5-7,9-10H2. The number of pyridine rings is 1. The van der Waals surface area contributed by atoms with Crippen molar-refractivity contribution in [3.8, 4) is 0 Å². The third kappa shape index (κ3) is 2.53. The van der Waals surface area contributed by atoms with Gasteiger partial charge in [0.25, 0.3) is 0 Å². The van der Waals surface area contributed by atoms with Crippen LogP contribution in [0.5, 0.6) is 0 Å². The number of aromatic nitrogens is 1. The summed E-state index contributed by atoms with van der Waals surface area (Å²) in [5, 5.41) is 4.29. The molecule has 3 heterocycles. The zero-order chi connectivity index (χ0) is 12.4. The number of nitrogens with zero attached hydrogens (tertiary/aromatic N) is 2. The molecule has 2 atom stereocenters. The Morgan fingerprint density at radius 1 is 1.39 bits per heavy atom. The number of likely N-dealkylation sites (tertiary alicyclic amines) is 1. The van der Waals surface area contributed by atoms with Gasteiger partial charge in [0.05, 0.1) is 0 Å². The van der Waals surface area contributed by atoms with Crippen molar-refractivity contribution in [3.63, 3.8) is 0 Å². The topological polar surface area (TPSA) is 28.2 Å². The van der Waals surface area contributed by atoms with Crippen molar-refractivity contribution in [3.05, 3.63) is 29.0 Å². The fourth-order valence-corrected chi connectivity index (χ4v) is 3.48. The minimum atomic E-state index is 0.655. The lowest BCUT2D eigenvalue weighted by Crippen LogP contribution is -2.43. The largest absolute Gasteiger partial charge is 0.312 e. The zero-order valence-electron chi connectivity index (χ0n) is 10.6. The molecular weight excluding hydrogens is 246 g/mol. The molecule has 0 saturated carbocycles. The number of nitrogens with one attached hydrogen (secondary N) is 1. The van der Waals surface area contributed by atoms with E-state index in [0.717, 1.165) is 12.1 Å². The van der Waals surface area contributed by atoms with E-state index in [-0.39, 0.29) is 0 Å². The van der Waals surface area contributed by atoms with Crippen LogP contribution >= 0.6 is 11.6 Å². The van der Waals surface area contributed by atoms with Crippen LogP contribution in [0.4, 0.5) is 0 Å². The van der Waals surface area contributed by atoms with Crippen molar-refractivity contribution in [1.82, 2.24) is 15.2 Å². The average Bonchev–Trinajstić information content (AvgIpc) is 3.02. The number of rotatable bonds is 3. The second-order valence-electron chi connectivity index (χ2n) is 5.34. The Labute approximate surface area is 114 Å². The summed E-state index contributed by atoms with van der Waals surface area (Å²) in [5.41, 5.74) is 1.16. The van der Waals surface area contributed by atoms with Crippen LogP contribution in [0.15, 0.2) is 18.3 Å². The van der Waals surface area contributed by atoms with Crippen molar-refractivity contribution in [2.24, 2.45) is 0 Å². The summed E-state index contributed by atoms with van der Waals surface area (Å²) in [4.78, 5) is 6.74. The molecule has 0 radical (unpaired) electrons. The molecule has 0 aromatic carbocycles. The molecule has 2 fully saturated rings. The van der Waals surface area contributed by atoms with Gasteiger partial charge in [0.2, 0.25) is 0 Å². The molecule has 2 unspecified atom stereocenters. The van der Waals surface area contributed by atoms with Gasteiger partial charge in [0, 0.05) is 30.4 Å². The lowest BCUT2D eigenvalue weighted by atomic mass is 10.0. The van der Waals surface area contributed by atoms with Crippen LogP contribution in [0.2, 0.25) is 5.15 Å². The molecular formula is C14H20ClN3. The fourth-order valence-electron chi connectivity index (χ4n) is 3.30. The molecule has 0 amide bonds. The third-order valence-corrected chi connectivity index (χ3v) is 4.53. The summed E-state index contributed by atoms with van der Waals surface area (Å²) in [6, 6.07) is 5.43. The van der Waals surface area contributed by atoms with Crippen LogP contribution < -0.4 is 5.32 Å². The van der Waals surface area contributed by atoms with E-state index in [1.54, 1.807) is 6.20 Å². The Morgan fingerprint density at radius 2 is 2.33 bits per heavy atom. The van der Waals surface area contributed by atoms with Crippen LogP contribution in [-0.2, 0) is 6.54 Å². The first-order valence-electron chi connectivity index (χ1n) is 6.91. The summed E-state index contributed by atoms with van der Waals surface area (Å²) in [7, 11) is 0. The van der Waals surface area contributed by atoms with Gasteiger partial charge in [0.1, 0.15) is 5.15 Å². The molecule has 2 aliphatic rings. The Hall–Kier alpha value is -0.640. The minimum absolute atomic E-state index is 0.655. The van der Waals surface area contributed by atoms with Crippen molar-refractivity contribution in [2.45, 2.75) is 44.3 Å². The van der Waals surface area contributed by atoms with Crippen LogP contribution in [0.1, 0.15) is 31.2 Å². The second kappa shape index (κ2) is 5.55. The highest BCUT2D eigenvalue weighted by molar-refractivity contribution is 6.30. The molecule has 1 N–H and O–H groups in total. The van der Waals surface area contributed by atoms with Gasteiger partial charge in [-0.15, -0.1) is 0 Å². The molecule has 1 aromatic heterocycles.